The zero-order valence-electron chi connectivity index (χ0n) is 18.5. The summed E-state index contributed by atoms with van der Waals surface area (Å²) in [6.07, 6.45) is 1.09. The number of piperidine rings is 1. The highest BCUT2D eigenvalue weighted by atomic mass is 32.2. The lowest BCUT2D eigenvalue weighted by atomic mass is 9.98. The maximum Gasteiger partial charge on any atom is 0.243 e. The largest absolute Gasteiger partial charge is 0.495 e. The van der Waals surface area contributed by atoms with Crippen LogP contribution in [0.5, 0.6) is 5.75 Å². The summed E-state index contributed by atoms with van der Waals surface area (Å²) in [5, 5.41) is 4.71. The van der Waals surface area contributed by atoms with Gasteiger partial charge in [0.2, 0.25) is 15.9 Å². The molecule has 34 heavy (non-hydrogen) atoms. The second-order valence-corrected chi connectivity index (χ2v) is 10.2. The molecule has 1 aliphatic heterocycles. The summed E-state index contributed by atoms with van der Waals surface area (Å²) in [7, 11) is -2.30. The van der Waals surface area contributed by atoms with Gasteiger partial charge in [-0.25, -0.2) is 12.8 Å². The number of amides is 1. The Kier molecular flexibility index (Phi) is 5.75. The van der Waals surface area contributed by atoms with E-state index in [1.165, 1.54) is 23.5 Å². The average molecular weight is 483 g/mol. The van der Waals surface area contributed by atoms with Crippen LogP contribution >= 0.6 is 0 Å². The fourth-order valence-electron chi connectivity index (χ4n) is 4.38. The normalized spacial score (nSPS) is 17.2. The van der Waals surface area contributed by atoms with Crippen molar-refractivity contribution in [1.82, 2.24) is 4.31 Å². The minimum atomic E-state index is -3.83. The number of carbonyl (C=O) groups excluding carboxylic acids is 1. The van der Waals surface area contributed by atoms with E-state index in [4.69, 9.17) is 9.15 Å². The Labute approximate surface area is 196 Å². The summed E-state index contributed by atoms with van der Waals surface area (Å²) in [6.45, 7) is 0.346. The van der Waals surface area contributed by atoms with Crippen LogP contribution in [0.25, 0.3) is 21.9 Å². The van der Waals surface area contributed by atoms with E-state index in [2.05, 4.69) is 5.32 Å². The van der Waals surface area contributed by atoms with E-state index in [1.54, 1.807) is 6.07 Å². The van der Waals surface area contributed by atoms with Crippen molar-refractivity contribution in [1.29, 1.82) is 0 Å². The molecule has 0 unspecified atom stereocenters. The Hall–Kier alpha value is -3.43. The molecular weight excluding hydrogens is 459 g/mol. The van der Waals surface area contributed by atoms with Crippen LogP contribution in [0.4, 0.5) is 10.1 Å². The van der Waals surface area contributed by atoms with Crippen LogP contribution in [0.15, 0.2) is 70.0 Å². The first kappa shape index (κ1) is 22.4. The van der Waals surface area contributed by atoms with Gasteiger partial charge in [-0.2, -0.15) is 4.31 Å². The highest BCUT2D eigenvalue weighted by Crippen LogP contribution is 2.37. The topological polar surface area (TPSA) is 88.9 Å². The molecule has 2 heterocycles. The van der Waals surface area contributed by atoms with Crippen LogP contribution < -0.4 is 10.1 Å². The molecular formula is C25H23FN2O5S. The number of benzene rings is 3. The molecule has 0 radical (unpaired) electrons. The summed E-state index contributed by atoms with van der Waals surface area (Å²) < 4.78 is 51.9. The molecule has 176 valence electrons. The summed E-state index contributed by atoms with van der Waals surface area (Å²) in [5.74, 6) is -0.864. The maximum absolute atomic E-state index is 13.2. The van der Waals surface area contributed by atoms with Gasteiger partial charge in [0.1, 0.15) is 22.7 Å². The first-order chi connectivity index (χ1) is 16.4. The predicted octanol–water partition coefficient (Wildman–Crippen LogP) is 4.77. The molecule has 1 aliphatic rings. The van der Waals surface area contributed by atoms with E-state index in [0.29, 0.717) is 36.4 Å². The molecule has 1 amide bonds. The smallest absolute Gasteiger partial charge is 0.243 e. The van der Waals surface area contributed by atoms with Crippen molar-refractivity contribution < 1.29 is 26.8 Å². The monoisotopic (exact) mass is 482 g/mol. The predicted molar refractivity (Wildman–Crippen MR) is 127 cm³/mol. The van der Waals surface area contributed by atoms with Gasteiger partial charge in [-0.1, -0.05) is 18.2 Å². The third-order valence-corrected chi connectivity index (χ3v) is 8.04. The Morgan fingerprint density at radius 1 is 1.09 bits per heavy atom. The lowest BCUT2D eigenvalue weighted by molar-refractivity contribution is -0.120. The van der Waals surface area contributed by atoms with Crippen LogP contribution in [0.3, 0.4) is 0 Å². The SMILES string of the molecule is COc1cc2c(cc1NC(=O)[C@H]1CCCN(S(=O)(=O)c3ccc(F)cc3)C1)oc1ccccc12. The number of halogens is 1. The van der Waals surface area contributed by atoms with E-state index < -0.39 is 21.8 Å². The van der Waals surface area contributed by atoms with Crippen molar-refractivity contribution in [2.24, 2.45) is 5.92 Å². The number of carbonyl (C=O) groups is 1. The number of para-hydroxylation sites is 1. The molecule has 1 aromatic heterocycles. The van der Waals surface area contributed by atoms with Crippen molar-refractivity contribution in [3.05, 3.63) is 66.5 Å². The van der Waals surface area contributed by atoms with Crippen LogP contribution in [0.1, 0.15) is 12.8 Å². The standard InChI is InChI=1S/C25H23FN2O5S/c1-32-24-13-20-19-6-2-3-7-22(19)33-23(20)14-21(24)27-25(29)16-5-4-12-28(15-16)34(30,31)18-10-8-17(26)9-11-18/h2-3,6-11,13-14,16H,4-5,12,15H2,1H3,(H,27,29)/t16-/m0/s1. The van der Waals surface area contributed by atoms with Gasteiger partial charge in [0.25, 0.3) is 0 Å². The summed E-state index contributed by atoms with van der Waals surface area (Å²) in [5.41, 5.74) is 1.80. The highest BCUT2D eigenvalue weighted by molar-refractivity contribution is 7.89. The maximum atomic E-state index is 13.2. The molecule has 0 saturated carbocycles. The fourth-order valence-corrected chi connectivity index (χ4v) is 5.91. The number of nitrogens with zero attached hydrogens (tertiary/aromatic N) is 1. The third-order valence-electron chi connectivity index (χ3n) is 6.16. The molecule has 1 N–H and O–H groups in total. The molecule has 9 heteroatoms. The van der Waals surface area contributed by atoms with Crippen LogP contribution in [-0.4, -0.2) is 38.8 Å². The molecule has 7 nitrogen and oxygen atoms in total. The number of hydrogen-bond acceptors (Lipinski definition) is 5. The van der Waals surface area contributed by atoms with Crippen LogP contribution in [0, 0.1) is 11.7 Å². The Morgan fingerprint density at radius 3 is 2.62 bits per heavy atom. The number of ether oxygens (including phenoxy) is 1. The van der Waals surface area contributed by atoms with E-state index in [0.717, 1.165) is 28.5 Å². The van der Waals surface area contributed by atoms with E-state index >= 15 is 0 Å². The number of fused-ring (bicyclic) bond motifs is 3. The Morgan fingerprint density at radius 2 is 1.85 bits per heavy atom. The molecule has 4 aromatic rings. The summed E-state index contributed by atoms with van der Waals surface area (Å²) in [4.78, 5) is 13.1. The van der Waals surface area contributed by atoms with Crippen molar-refractivity contribution in [2.45, 2.75) is 17.7 Å². The number of sulfonamides is 1. The van der Waals surface area contributed by atoms with E-state index in [1.807, 2.05) is 30.3 Å². The van der Waals surface area contributed by atoms with Gasteiger partial charge in [0.15, 0.2) is 0 Å². The van der Waals surface area contributed by atoms with Crippen molar-refractivity contribution >= 4 is 43.6 Å². The van der Waals surface area contributed by atoms with Gasteiger partial charge in [-0.15, -0.1) is 0 Å². The molecule has 0 aliphatic carbocycles. The first-order valence-corrected chi connectivity index (χ1v) is 12.4. The number of rotatable bonds is 5. The molecule has 3 aromatic carbocycles. The first-order valence-electron chi connectivity index (χ1n) is 10.9. The highest BCUT2D eigenvalue weighted by Gasteiger charge is 2.33. The quantitative estimate of drug-likeness (QED) is 0.443. The Balaban J connectivity index is 1.38. The average Bonchev–Trinajstić information content (AvgIpc) is 3.21. The molecule has 1 saturated heterocycles. The van der Waals surface area contributed by atoms with Crippen LogP contribution in [0.2, 0.25) is 0 Å². The number of hydrogen-bond donors (Lipinski definition) is 1. The fraction of sp³-hybridized carbons (Fsp3) is 0.240. The molecule has 1 fully saturated rings. The second-order valence-electron chi connectivity index (χ2n) is 8.29. The number of methoxy groups -OCH3 is 1. The molecule has 1 atom stereocenters. The number of furan rings is 1. The second kappa shape index (κ2) is 8.73. The van der Waals surface area contributed by atoms with Gasteiger partial charge < -0.3 is 14.5 Å². The molecule has 0 spiro atoms. The van der Waals surface area contributed by atoms with Gasteiger partial charge in [0, 0.05) is 29.9 Å². The lowest BCUT2D eigenvalue weighted by Gasteiger charge is -2.31. The van der Waals surface area contributed by atoms with Gasteiger partial charge in [0.05, 0.1) is 23.6 Å². The zero-order chi connectivity index (χ0) is 23.9. The van der Waals surface area contributed by atoms with Crippen LogP contribution in [-0.2, 0) is 14.8 Å². The van der Waals surface area contributed by atoms with E-state index in [-0.39, 0.29) is 17.3 Å². The minimum absolute atomic E-state index is 0.00645. The third kappa shape index (κ3) is 4.01. The summed E-state index contributed by atoms with van der Waals surface area (Å²) >= 11 is 0. The van der Waals surface area contributed by atoms with Gasteiger partial charge in [-0.05, 0) is 49.2 Å². The number of anilines is 1. The van der Waals surface area contributed by atoms with Crippen molar-refractivity contribution in [3.63, 3.8) is 0 Å². The van der Waals surface area contributed by atoms with Gasteiger partial charge in [-0.3, -0.25) is 4.79 Å². The lowest BCUT2D eigenvalue weighted by Crippen LogP contribution is -2.43. The van der Waals surface area contributed by atoms with Crippen molar-refractivity contribution in [3.8, 4) is 5.75 Å². The van der Waals surface area contributed by atoms with Crippen molar-refractivity contribution in [2.75, 3.05) is 25.5 Å². The Bertz CT molecular complexity index is 1480. The van der Waals surface area contributed by atoms with E-state index in [9.17, 15) is 17.6 Å². The zero-order valence-corrected chi connectivity index (χ0v) is 19.3. The molecule has 0 bridgehead atoms. The van der Waals surface area contributed by atoms with Gasteiger partial charge >= 0.3 is 0 Å². The minimum Gasteiger partial charge on any atom is -0.495 e. The number of nitrogens with one attached hydrogen (secondary N) is 1. The summed E-state index contributed by atoms with van der Waals surface area (Å²) in [6, 6.07) is 15.9. The molecule has 5 rings (SSSR count).